The van der Waals surface area contributed by atoms with Gasteiger partial charge >= 0.3 is 0 Å². The maximum Gasteiger partial charge on any atom is 0.112 e. The van der Waals surface area contributed by atoms with E-state index in [1.807, 2.05) is 0 Å². The van der Waals surface area contributed by atoms with Gasteiger partial charge in [0.1, 0.15) is 12.2 Å². The van der Waals surface area contributed by atoms with E-state index in [2.05, 4.69) is 6.42 Å². The van der Waals surface area contributed by atoms with Gasteiger partial charge in [0.15, 0.2) is 0 Å². The average molecular weight is 390 g/mol. The molecule has 1 unspecified atom stereocenters. The molecule has 0 aromatic rings. The molecule has 0 aromatic heterocycles. The molecule has 0 bridgehead atoms. The van der Waals surface area contributed by atoms with Crippen molar-refractivity contribution in [2.75, 3.05) is 26.4 Å². The van der Waals surface area contributed by atoms with Gasteiger partial charge in [-0.05, 0) is 31.1 Å². The molecule has 145 valence electrons. The topological polar surface area (TPSA) is 47.9 Å². The number of hydrogen-bond acceptors (Lipinski definition) is 4. The zero-order valence-electron chi connectivity index (χ0n) is 15.5. The third-order valence-electron chi connectivity index (χ3n) is 6.01. The molecule has 25 heavy (non-hydrogen) atoms. The Bertz CT molecular complexity index is 343. The molecule has 4 fully saturated rings. The smallest absolute Gasteiger partial charge is 0.112 e. The first-order valence-corrected chi connectivity index (χ1v) is 10.1. The summed E-state index contributed by atoms with van der Waals surface area (Å²) in [4.78, 5) is 0. The monoisotopic (exact) mass is 390 g/mol. The maximum atomic E-state index is 8.68. The van der Waals surface area contributed by atoms with Crippen LogP contribution in [0.3, 0.4) is 0 Å². The summed E-state index contributed by atoms with van der Waals surface area (Å²) in [5.74, 6) is 1.40. The van der Waals surface area contributed by atoms with Crippen LogP contribution in [0.5, 0.6) is 0 Å². The Kier molecular flexibility index (Phi) is 10.4. The number of ether oxygens (including phenoxy) is 3. The Labute approximate surface area is 165 Å². The quantitative estimate of drug-likeness (QED) is 0.747. The van der Waals surface area contributed by atoms with Crippen LogP contribution < -0.4 is 0 Å². The molecule has 1 radical (unpaired) electrons. The largest absolute Gasteiger partial charge is 0.396 e. The summed E-state index contributed by atoms with van der Waals surface area (Å²) in [6, 6.07) is 0. The fourth-order valence-electron chi connectivity index (χ4n) is 4.36. The maximum absolute atomic E-state index is 8.68. The number of aliphatic hydroxyl groups excluding tert-OH is 1. The van der Waals surface area contributed by atoms with Crippen molar-refractivity contribution in [2.45, 2.75) is 82.5 Å². The van der Waals surface area contributed by atoms with Gasteiger partial charge < -0.3 is 25.7 Å². The van der Waals surface area contributed by atoms with Crippen molar-refractivity contribution in [3.05, 3.63) is 6.42 Å². The van der Waals surface area contributed by atoms with E-state index >= 15 is 0 Å². The number of fused-ring (bicyclic) bond motifs is 1. The van der Waals surface area contributed by atoms with Crippen molar-refractivity contribution in [1.29, 1.82) is 0 Å². The second-order valence-corrected chi connectivity index (χ2v) is 7.86. The minimum absolute atomic E-state index is 0. The molecule has 3 atom stereocenters. The van der Waals surface area contributed by atoms with Gasteiger partial charge in [-0.3, -0.25) is 0 Å². The van der Waals surface area contributed by atoms with E-state index in [1.54, 1.807) is 0 Å². The molecule has 1 N–H and O–H groups in total. The third-order valence-corrected chi connectivity index (χ3v) is 6.01. The SMILES string of the molecule is C1CCC(COC2CO[C@@H]3CCO[C@H]23)CC1.OCC1CC[CH-]CC1.[V]. The first-order valence-electron chi connectivity index (χ1n) is 10.1. The van der Waals surface area contributed by atoms with Crippen LogP contribution in [0.15, 0.2) is 0 Å². The molecule has 2 aliphatic carbocycles. The Morgan fingerprint density at radius 2 is 1.68 bits per heavy atom. The van der Waals surface area contributed by atoms with Gasteiger partial charge in [0.25, 0.3) is 0 Å². The molecule has 2 saturated carbocycles. The van der Waals surface area contributed by atoms with Crippen LogP contribution in [0.1, 0.15) is 64.2 Å². The van der Waals surface area contributed by atoms with E-state index in [9.17, 15) is 0 Å². The Hall–Kier alpha value is 0.424. The summed E-state index contributed by atoms with van der Waals surface area (Å²) in [6.45, 7) is 2.90. The Balaban J connectivity index is 0.000000214. The van der Waals surface area contributed by atoms with E-state index in [-0.39, 0.29) is 30.8 Å². The second kappa shape index (κ2) is 12.0. The van der Waals surface area contributed by atoms with Crippen molar-refractivity contribution in [3.8, 4) is 0 Å². The van der Waals surface area contributed by atoms with Gasteiger partial charge in [0.2, 0.25) is 0 Å². The van der Waals surface area contributed by atoms with Crippen molar-refractivity contribution in [2.24, 2.45) is 11.8 Å². The fourth-order valence-corrected chi connectivity index (χ4v) is 4.36. The van der Waals surface area contributed by atoms with Crippen molar-refractivity contribution in [1.82, 2.24) is 0 Å². The van der Waals surface area contributed by atoms with Crippen molar-refractivity contribution < 1.29 is 37.9 Å². The Morgan fingerprint density at radius 1 is 0.920 bits per heavy atom. The van der Waals surface area contributed by atoms with Gasteiger partial charge in [-0.2, -0.15) is 12.8 Å². The minimum Gasteiger partial charge on any atom is -0.396 e. The molecular formula is C20H35O4V-. The van der Waals surface area contributed by atoms with Crippen molar-refractivity contribution in [3.63, 3.8) is 0 Å². The molecule has 0 amide bonds. The summed E-state index contributed by atoms with van der Waals surface area (Å²) in [7, 11) is 0. The summed E-state index contributed by atoms with van der Waals surface area (Å²) in [5, 5.41) is 8.68. The summed E-state index contributed by atoms with van der Waals surface area (Å²) >= 11 is 0. The number of hydrogen-bond donors (Lipinski definition) is 1. The first-order chi connectivity index (χ1) is 11.9. The molecular weight excluding hydrogens is 355 g/mol. The van der Waals surface area contributed by atoms with Gasteiger partial charge in [-0.1, -0.05) is 32.1 Å². The minimum atomic E-state index is 0. The van der Waals surface area contributed by atoms with Crippen LogP contribution in [0.2, 0.25) is 0 Å². The molecule has 5 heteroatoms. The predicted octanol–water partition coefficient (Wildman–Crippen LogP) is 3.51. The van der Waals surface area contributed by atoms with E-state index in [4.69, 9.17) is 19.3 Å². The van der Waals surface area contributed by atoms with Crippen LogP contribution in [-0.2, 0) is 32.8 Å². The van der Waals surface area contributed by atoms with Crippen LogP contribution in [-0.4, -0.2) is 49.8 Å². The van der Waals surface area contributed by atoms with E-state index in [0.29, 0.717) is 18.6 Å². The molecule has 0 aromatic carbocycles. The summed E-state index contributed by atoms with van der Waals surface area (Å²) < 4.78 is 17.4. The second-order valence-electron chi connectivity index (χ2n) is 7.86. The molecule has 2 heterocycles. The Morgan fingerprint density at radius 3 is 2.36 bits per heavy atom. The summed E-state index contributed by atoms with van der Waals surface area (Å²) in [5.41, 5.74) is 0. The van der Waals surface area contributed by atoms with Gasteiger partial charge in [-0.15, -0.1) is 0 Å². The van der Waals surface area contributed by atoms with E-state index in [1.165, 1.54) is 57.8 Å². The third kappa shape index (κ3) is 6.82. The zero-order chi connectivity index (χ0) is 16.6. The fraction of sp³-hybridized carbons (Fsp3) is 0.950. The molecule has 2 saturated heterocycles. The zero-order valence-corrected chi connectivity index (χ0v) is 16.9. The average Bonchev–Trinajstić information content (AvgIpc) is 3.26. The van der Waals surface area contributed by atoms with Crippen molar-refractivity contribution >= 4 is 0 Å². The normalized spacial score (nSPS) is 33.2. The van der Waals surface area contributed by atoms with Crippen LogP contribution >= 0.6 is 0 Å². The molecule has 0 spiro atoms. The molecule has 2 aliphatic heterocycles. The standard InChI is InChI=1S/C13H22O3.C7H13O.V/c1-2-4-10(5-3-1)8-15-12-9-16-11-6-7-14-13(11)12;8-6-7-4-2-1-3-5-7;/h10-13H,1-9H2;1,7-8H,2-6H2;/q;-1;/t11-,12?,13+;;/m1../s1. The van der Waals surface area contributed by atoms with Gasteiger partial charge in [0, 0.05) is 31.8 Å². The predicted molar refractivity (Wildman–Crippen MR) is 93.8 cm³/mol. The van der Waals surface area contributed by atoms with Gasteiger partial charge in [-0.25, -0.2) is 0 Å². The first kappa shape index (κ1) is 21.7. The van der Waals surface area contributed by atoms with Crippen LogP contribution in [0.4, 0.5) is 0 Å². The number of rotatable bonds is 4. The van der Waals surface area contributed by atoms with E-state index in [0.717, 1.165) is 32.2 Å². The van der Waals surface area contributed by atoms with Crippen LogP contribution in [0, 0.1) is 18.3 Å². The summed E-state index contributed by atoms with van der Waals surface area (Å²) in [6.07, 6.45) is 15.8. The molecule has 4 aliphatic rings. The number of aliphatic hydroxyl groups is 1. The molecule has 4 rings (SSSR count). The molecule has 4 nitrogen and oxygen atoms in total. The van der Waals surface area contributed by atoms with E-state index < -0.39 is 0 Å². The van der Waals surface area contributed by atoms with Crippen LogP contribution in [0.25, 0.3) is 0 Å². The van der Waals surface area contributed by atoms with Gasteiger partial charge in [0.05, 0.1) is 19.3 Å².